The number of aromatic nitrogens is 1. The van der Waals surface area contributed by atoms with Crippen LogP contribution in [0.15, 0.2) is 53.9 Å². The normalized spacial score (nSPS) is 31.3. The number of benzene rings is 1. The summed E-state index contributed by atoms with van der Waals surface area (Å²) in [5.41, 5.74) is -1.54. The number of sulfonamides is 1. The molecular formula is C44H55N3O10S. The van der Waals surface area contributed by atoms with Gasteiger partial charge in [0.25, 0.3) is 5.56 Å². The highest BCUT2D eigenvalue weighted by molar-refractivity contribution is 7.90. The number of nitrogens with one attached hydrogen (secondary N) is 1. The molecule has 1 aromatic heterocycles. The van der Waals surface area contributed by atoms with E-state index >= 15 is 0 Å². The molecule has 2 bridgehead atoms. The third-order valence-electron chi connectivity index (χ3n) is 13.7. The summed E-state index contributed by atoms with van der Waals surface area (Å²) in [6, 6.07) is 6.02. The van der Waals surface area contributed by atoms with Crippen molar-refractivity contribution < 1.29 is 41.8 Å². The van der Waals surface area contributed by atoms with E-state index in [0.29, 0.717) is 48.2 Å². The van der Waals surface area contributed by atoms with Crippen LogP contribution in [-0.4, -0.2) is 78.6 Å². The number of fused-ring (bicyclic) bond motifs is 5. The molecule has 312 valence electrons. The van der Waals surface area contributed by atoms with Crippen molar-refractivity contribution in [3.05, 3.63) is 59.4 Å². The van der Waals surface area contributed by atoms with E-state index in [9.17, 15) is 32.4 Å². The monoisotopic (exact) mass is 817 g/mol. The van der Waals surface area contributed by atoms with E-state index in [2.05, 4.69) is 17.4 Å². The minimum atomic E-state index is -3.87. The van der Waals surface area contributed by atoms with Gasteiger partial charge in [-0.2, -0.15) is 0 Å². The van der Waals surface area contributed by atoms with Gasteiger partial charge in [0, 0.05) is 30.8 Å². The number of rotatable bonds is 9. The summed E-state index contributed by atoms with van der Waals surface area (Å²) < 4.78 is 47.8. The van der Waals surface area contributed by atoms with Gasteiger partial charge in [0.05, 0.1) is 42.7 Å². The number of esters is 1. The Bertz CT molecular complexity index is 2170. The highest BCUT2D eigenvalue weighted by Crippen LogP contribution is 2.57. The fourth-order valence-corrected chi connectivity index (χ4v) is 11.5. The number of ether oxygens (including phenoxy) is 3. The Balaban J connectivity index is 1.15. The largest absolute Gasteiger partial charge is 0.497 e. The number of ketones is 1. The van der Waals surface area contributed by atoms with Gasteiger partial charge in [-0.15, -0.1) is 6.58 Å². The van der Waals surface area contributed by atoms with Crippen LogP contribution < -0.4 is 19.8 Å². The first-order valence-corrected chi connectivity index (χ1v) is 22.7. The first-order valence-electron chi connectivity index (χ1n) is 21.1. The zero-order chi connectivity index (χ0) is 40.8. The van der Waals surface area contributed by atoms with E-state index in [0.717, 1.165) is 51.4 Å². The molecule has 2 aliphatic heterocycles. The van der Waals surface area contributed by atoms with Gasteiger partial charge in [0.15, 0.2) is 11.7 Å². The lowest BCUT2D eigenvalue weighted by atomic mass is 9.86. The first kappa shape index (κ1) is 40.3. The molecule has 13 nitrogen and oxygen atoms in total. The molecule has 14 heteroatoms. The molecule has 2 aromatic rings. The fourth-order valence-electron chi connectivity index (χ4n) is 10.1. The summed E-state index contributed by atoms with van der Waals surface area (Å²) in [4.78, 5) is 72.7. The predicted octanol–water partition coefficient (Wildman–Crippen LogP) is 5.38. The number of hydrogen-bond acceptors (Lipinski definition) is 10. The highest BCUT2D eigenvalue weighted by Gasteiger charge is 2.61. The van der Waals surface area contributed by atoms with Crippen LogP contribution >= 0.6 is 0 Å². The van der Waals surface area contributed by atoms with Gasteiger partial charge in [0.2, 0.25) is 21.8 Å². The summed E-state index contributed by atoms with van der Waals surface area (Å²) in [6.45, 7) is 4.19. The second-order valence-corrected chi connectivity index (χ2v) is 19.4. The van der Waals surface area contributed by atoms with Gasteiger partial charge in [-0.3, -0.25) is 33.3 Å². The number of carbonyl (C=O) groups excluding carboxylic acids is 4. The van der Waals surface area contributed by atoms with Crippen LogP contribution in [-0.2, 0) is 40.5 Å². The van der Waals surface area contributed by atoms with Crippen molar-refractivity contribution in [3.8, 4) is 11.6 Å². The van der Waals surface area contributed by atoms with Gasteiger partial charge in [0.1, 0.15) is 18.0 Å². The summed E-state index contributed by atoms with van der Waals surface area (Å²) in [5.74, 6) is -2.00. The first-order chi connectivity index (χ1) is 27.9. The number of allylic oxidation sites excluding steroid dienone is 3. The van der Waals surface area contributed by atoms with Crippen molar-refractivity contribution in [3.63, 3.8) is 0 Å². The highest BCUT2D eigenvalue weighted by atomic mass is 32.2. The quantitative estimate of drug-likeness (QED) is 0.257. The van der Waals surface area contributed by atoms with Gasteiger partial charge >= 0.3 is 5.97 Å². The van der Waals surface area contributed by atoms with Gasteiger partial charge in [-0.05, 0) is 106 Å². The van der Waals surface area contributed by atoms with Crippen molar-refractivity contribution in [2.75, 3.05) is 13.7 Å². The van der Waals surface area contributed by atoms with Gasteiger partial charge in [-0.25, -0.2) is 8.42 Å². The smallest absolute Gasteiger partial charge is 0.306 e. The lowest BCUT2D eigenvalue weighted by Gasteiger charge is -2.31. The Labute approximate surface area is 339 Å². The number of hydrogen-bond donors (Lipinski definition) is 1. The van der Waals surface area contributed by atoms with Crippen LogP contribution in [0, 0.1) is 29.1 Å². The molecule has 7 atom stereocenters. The SMILES string of the molecule is C=C[C@H]1C[C@]1(CC(=O)[C@@H]1C[C@@H]2CN1C(=O)[C@H](C1CCCC1)CC(=O)O[C@@H]1CCC[C@H]1C/C=C/CCn1c(cc3cc(OC)ccc3c1=O)O2)C(=O)NS(=O)(=O)C1CC1. The van der Waals surface area contributed by atoms with E-state index in [4.69, 9.17) is 14.2 Å². The Morgan fingerprint density at radius 2 is 1.78 bits per heavy atom. The molecule has 3 heterocycles. The summed E-state index contributed by atoms with van der Waals surface area (Å²) in [7, 11) is -2.32. The predicted molar refractivity (Wildman–Crippen MR) is 215 cm³/mol. The number of pyridine rings is 1. The molecule has 0 spiro atoms. The van der Waals surface area contributed by atoms with Crippen LogP contribution in [0.5, 0.6) is 11.6 Å². The molecule has 0 unspecified atom stereocenters. The minimum Gasteiger partial charge on any atom is -0.497 e. The van der Waals surface area contributed by atoms with E-state index in [1.54, 1.807) is 42.0 Å². The molecule has 8 rings (SSSR count). The fraction of sp³-hybridized carbons (Fsp3) is 0.614. The van der Waals surface area contributed by atoms with Crippen LogP contribution in [0.25, 0.3) is 10.8 Å². The molecule has 4 aliphatic carbocycles. The van der Waals surface area contributed by atoms with Crippen LogP contribution in [0.1, 0.15) is 96.3 Å². The Kier molecular flexibility index (Phi) is 11.3. The Hall–Kier alpha value is -4.46. The van der Waals surface area contributed by atoms with Crippen molar-refractivity contribution >= 4 is 44.4 Å². The van der Waals surface area contributed by atoms with Crippen molar-refractivity contribution in [1.29, 1.82) is 0 Å². The molecule has 1 N–H and O–H groups in total. The minimum absolute atomic E-state index is 0.0165. The van der Waals surface area contributed by atoms with E-state index in [1.165, 1.54) is 4.90 Å². The zero-order valence-corrected chi connectivity index (χ0v) is 34.1. The molecule has 58 heavy (non-hydrogen) atoms. The molecule has 5 fully saturated rings. The summed E-state index contributed by atoms with van der Waals surface area (Å²) in [6.07, 6.45) is 13.0. The number of amides is 2. The maximum atomic E-state index is 15.0. The third kappa shape index (κ3) is 8.09. The lowest BCUT2D eigenvalue weighted by Crippen LogP contribution is -2.47. The number of Topliss-reactive ketones (excluding diaryl/α,β-unsaturated/α-hetero) is 1. The van der Waals surface area contributed by atoms with E-state index in [1.807, 2.05) is 6.08 Å². The van der Waals surface area contributed by atoms with Crippen LogP contribution in [0.2, 0.25) is 0 Å². The molecular weight excluding hydrogens is 763 g/mol. The zero-order valence-electron chi connectivity index (χ0n) is 33.3. The number of methoxy groups -OCH3 is 1. The summed E-state index contributed by atoms with van der Waals surface area (Å²) in [5, 5.41) is 0.504. The third-order valence-corrected chi connectivity index (χ3v) is 15.5. The molecule has 1 saturated heterocycles. The van der Waals surface area contributed by atoms with Crippen molar-refractivity contribution in [2.24, 2.45) is 29.1 Å². The summed E-state index contributed by atoms with van der Waals surface area (Å²) >= 11 is 0. The Morgan fingerprint density at radius 1 is 1.00 bits per heavy atom. The maximum Gasteiger partial charge on any atom is 0.306 e. The van der Waals surface area contributed by atoms with E-state index in [-0.39, 0.29) is 67.4 Å². The van der Waals surface area contributed by atoms with E-state index < -0.39 is 56.5 Å². The molecule has 4 saturated carbocycles. The average Bonchev–Trinajstić information content (AvgIpc) is 3.99. The maximum absolute atomic E-state index is 15.0. The van der Waals surface area contributed by atoms with Crippen molar-refractivity contribution in [1.82, 2.24) is 14.2 Å². The molecule has 1 aromatic carbocycles. The number of carbonyl (C=O) groups is 4. The van der Waals surface area contributed by atoms with Crippen molar-refractivity contribution in [2.45, 2.75) is 126 Å². The Morgan fingerprint density at radius 3 is 2.50 bits per heavy atom. The second-order valence-electron chi connectivity index (χ2n) is 17.5. The van der Waals surface area contributed by atoms with Crippen LogP contribution in [0.3, 0.4) is 0 Å². The molecule has 6 aliphatic rings. The molecule has 0 radical (unpaired) electrons. The second kappa shape index (κ2) is 16.3. The lowest BCUT2D eigenvalue weighted by molar-refractivity contribution is -0.156. The topological polar surface area (TPSA) is 167 Å². The van der Waals surface area contributed by atoms with Crippen LogP contribution in [0.4, 0.5) is 0 Å². The van der Waals surface area contributed by atoms with Gasteiger partial charge in [-0.1, -0.05) is 31.1 Å². The average molecular weight is 818 g/mol. The molecule has 2 amide bonds. The van der Waals surface area contributed by atoms with Gasteiger partial charge < -0.3 is 19.1 Å². The standard InChI is InChI=1S/C44H55N3O10S/c1-3-30-24-44(30,43(52)45-58(53,54)33-16-17-33)25-37(48)36-22-32-26-47(36)42(51)35(27-10-6-7-11-27)23-40(49)57-38-14-9-13-28(38)12-5-4-8-19-46-39(56-32)21-29-20-31(55-2)15-18-34(29)41(46)50/h3-5,15,18,20-21,27-28,30,32-33,35-36,38H,1,6-14,16-17,19,22-26H2,2H3,(H,45,52)/b5-4+/t28-,30+,32-,35+,36+,38-,44-/m1/s1. The number of nitrogens with zero attached hydrogens (tertiary/aromatic N) is 2.